The molecule has 0 aliphatic carbocycles. The number of sulfonamides is 2. The van der Waals surface area contributed by atoms with E-state index < -0.39 is 31.5 Å². The fraction of sp³-hybridized carbons (Fsp3) is 0.333. The van der Waals surface area contributed by atoms with E-state index in [0.717, 1.165) is 0 Å². The van der Waals surface area contributed by atoms with Crippen LogP contribution in [0.2, 0.25) is 0 Å². The van der Waals surface area contributed by atoms with Gasteiger partial charge in [0.1, 0.15) is 4.90 Å². The first-order valence-electron chi connectivity index (χ1n) is 8.73. The maximum Gasteiger partial charge on any atom is 0.242 e. The van der Waals surface area contributed by atoms with Crippen molar-refractivity contribution in [3.63, 3.8) is 0 Å². The number of nitrogens with zero attached hydrogens (tertiary/aromatic N) is 1. The Morgan fingerprint density at radius 2 is 1.69 bits per heavy atom. The Morgan fingerprint density at radius 1 is 1.00 bits per heavy atom. The van der Waals surface area contributed by atoms with Crippen molar-refractivity contribution in [1.82, 2.24) is 14.4 Å². The van der Waals surface area contributed by atoms with Crippen LogP contribution >= 0.6 is 0 Å². The van der Waals surface area contributed by atoms with Crippen molar-refractivity contribution in [1.29, 1.82) is 0 Å². The number of benzene rings is 1. The van der Waals surface area contributed by atoms with Crippen LogP contribution in [0.1, 0.15) is 27.2 Å². The molecule has 29 heavy (non-hydrogen) atoms. The molecule has 158 valence electrons. The fourth-order valence-corrected chi connectivity index (χ4v) is 4.77. The molecule has 0 radical (unpaired) electrons. The molecule has 2 rings (SSSR count). The molecule has 0 saturated heterocycles. The number of hydrogen-bond donors (Lipinski definition) is 3. The lowest BCUT2D eigenvalue weighted by molar-refractivity contribution is -0.116. The van der Waals surface area contributed by atoms with Crippen LogP contribution in [0.25, 0.3) is 0 Å². The number of aromatic nitrogens is 1. The van der Waals surface area contributed by atoms with Gasteiger partial charge in [0.05, 0.1) is 4.90 Å². The van der Waals surface area contributed by atoms with Gasteiger partial charge >= 0.3 is 0 Å². The second-order valence-electron chi connectivity index (χ2n) is 7.27. The molecule has 9 nitrogen and oxygen atoms in total. The maximum absolute atomic E-state index is 12.4. The standard InChI is InChI=1S/C18H24N4O5S2/c1-18(2,3)22-29(26,27)15-7-4-6-14(12-15)21-17(23)9-11-20-28(24,25)16-8-5-10-19-13-16/h4-8,10,12-13,20,22H,9,11H2,1-3H3,(H,21,23). The number of hydrogen-bond acceptors (Lipinski definition) is 6. The fourth-order valence-electron chi connectivity index (χ4n) is 2.31. The van der Waals surface area contributed by atoms with Gasteiger partial charge in [-0.05, 0) is 51.1 Å². The van der Waals surface area contributed by atoms with Crippen LogP contribution < -0.4 is 14.8 Å². The summed E-state index contributed by atoms with van der Waals surface area (Å²) in [6.45, 7) is 5.06. The van der Waals surface area contributed by atoms with E-state index in [9.17, 15) is 21.6 Å². The van der Waals surface area contributed by atoms with Crippen LogP contribution in [-0.4, -0.2) is 39.8 Å². The van der Waals surface area contributed by atoms with Crippen molar-refractivity contribution >= 4 is 31.6 Å². The second kappa shape index (κ2) is 8.99. The summed E-state index contributed by atoms with van der Waals surface area (Å²) in [5.74, 6) is -0.461. The minimum atomic E-state index is -3.75. The average molecular weight is 441 g/mol. The molecule has 0 aliphatic heterocycles. The van der Waals surface area contributed by atoms with Gasteiger partial charge in [-0.2, -0.15) is 0 Å². The molecule has 2 aromatic rings. The Bertz CT molecular complexity index is 1060. The SMILES string of the molecule is CC(C)(C)NS(=O)(=O)c1cccc(NC(=O)CCNS(=O)(=O)c2cccnc2)c1. The average Bonchev–Trinajstić information content (AvgIpc) is 2.60. The third-order valence-electron chi connectivity index (χ3n) is 3.46. The zero-order valence-electron chi connectivity index (χ0n) is 16.3. The summed E-state index contributed by atoms with van der Waals surface area (Å²) in [5.41, 5.74) is -0.356. The van der Waals surface area contributed by atoms with E-state index in [0.29, 0.717) is 5.69 Å². The van der Waals surface area contributed by atoms with Gasteiger partial charge in [0.2, 0.25) is 26.0 Å². The normalized spacial score (nSPS) is 12.5. The third-order valence-corrected chi connectivity index (χ3v) is 6.66. The first-order chi connectivity index (χ1) is 13.4. The van der Waals surface area contributed by atoms with Gasteiger partial charge in [0.15, 0.2) is 0 Å². The van der Waals surface area contributed by atoms with Crippen LogP contribution in [0.3, 0.4) is 0 Å². The Morgan fingerprint density at radius 3 is 2.31 bits per heavy atom. The van der Waals surface area contributed by atoms with E-state index in [4.69, 9.17) is 0 Å². The smallest absolute Gasteiger partial charge is 0.242 e. The molecule has 0 fully saturated rings. The Hall–Kier alpha value is -2.34. The summed E-state index contributed by atoms with van der Waals surface area (Å²) >= 11 is 0. The highest BCUT2D eigenvalue weighted by atomic mass is 32.2. The molecule has 3 N–H and O–H groups in total. The zero-order valence-corrected chi connectivity index (χ0v) is 18.0. The lowest BCUT2D eigenvalue weighted by Gasteiger charge is -2.20. The largest absolute Gasteiger partial charge is 0.326 e. The van der Waals surface area contributed by atoms with Crippen molar-refractivity contribution in [2.75, 3.05) is 11.9 Å². The number of rotatable bonds is 8. The summed E-state index contributed by atoms with van der Waals surface area (Å²) in [6, 6.07) is 8.72. The molecule has 0 spiro atoms. The summed E-state index contributed by atoms with van der Waals surface area (Å²) < 4.78 is 53.8. The van der Waals surface area contributed by atoms with E-state index in [-0.39, 0.29) is 22.8 Å². The zero-order chi connectivity index (χ0) is 21.7. The van der Waals surface area contributed by atoms with Gasteiger partial charge in [0, 0.05) is 36.6 Å². The Kier molecular flexibility index (Phi) is 7.11. The van der Waals surface area contributed by atoms with E-state index in [1.165, 1.54) is 42.7 Å². The first-order valence-corrected chi connectivity index (χ1v) is 11.7. The molecule has 1 aromatic carbocycles. The lowest BCUT2D eigenvalue weighted by atomic mass is 10.1. The predicted molar refractivity (Wildman–Crippen MR) is 109 cm³/mol. The molecule has 11 heteroatoms. The molecule has 1 amide bonds. The number of amides is 1. The highest BCUT2D eigenvalue weighted by Crippen LogP contribution is 2.17. The summed E-state index contributed by atoms with van der Waals surface area (Å²) in [6.07, 6.45) is 2.54. The van der Waals surface area contributed by atoms with Gasteiger partial charge in [-0.25, -0.2) is 26.3 Å². The number of nitrogens with one attached hydrogen (secondary N) is 3. The highest BCUT2D eigenvalue weighted by molar-refractivity contribution is 7.89. The highest BCUT2D eigenvalue weighted by Gasteiger charge is 2.22. The molecule has 0 saturated carbocycles. The van der Waals surface area contributed by atoms with Crippen molar-refractivity contribution in [3.8, 4) is 0 Å². The van der Waals surface area contributed by atoms with Gasteiger partial charge in [-0.15, -0.1) is 0 Å². The number of carbonyl (C=O) groups is 1. The molecule has 0 aliphatic rings. The Labute approximate surface area is 171 Å². The molecule has 0 bridgehead atoms. The number of anilines is 1. The minimum Gasteiger partial charge on any atom is -0.326 e. The van der Waals surface area contributed by atoms with E-state index in [2.05, 4.69) is 19.7 Å². The second-order valence-corrected chi connectivity index (χ2v) is 10.7. The van der Waals surface area contributed by atoms with Crippen molar-refractivity contribution in [3.05, 3.63) is 48.8 Å². The van der Waals surface area contributed by atoms with Crippen LogP contribution in [0.5, 0.6) is 0 Å². The van der Waals surface area contributed by atoms with E-state index >= 15 is 0 Å². The molecular formula is C18H24N4O5S2. The van der Waals surface area contributed by atoms with Crippen LogP contribution in [0, 0.1) is 0 Å². The number of pyridine rings is 1. The predicted octanol–water partition coefficient (Wildman–Crippen LogP) is 1.47. The molecule has 1 aromatic heterocycles. The first kappa shape index (κ1) is 22.9. The van der Waals surface area contributed by atoms with Crippen molar-refractivity contribution in [2.45, 2.75) is 42.5 Å². The van der Waals surface area contributed by atoms with Gasteiger partial charge in [-0.1, -0.05) is 6.07 Å². The van der Waals surface area contributed by atoms with E-state index in [1.54, 1.807) is 26.8 Å². The minimum absolute atomic E-state index is 0.00432. The van der Waals surface area contributed by atoms with E-state index in [1.807, 2.05) is 0 Å². The third kappa shape index (κ3) is 7.20. The molecular weight excluding hydrogens is 416 g/mol. The summed E-state index contributed by atoms with van der Waals surface area (Å²) in [5, 5.41) is 2.56. The monoisotopic (exact) mass is 440 g/mol. The Balaban J connectivity index is 1.96. The van der Waals surface area contributed by atoms with Gasteiger partial charge in [-0.3, -0.25) is 9.78 Å². The quantitative estimate of drug-likeness (QED) is 0.569. The van der Waals surface area contributed by atoms with Gasteiger partial charge < -0.3 is 5.32 Å². The van der Waals surface area contributed by atoms with Crippen LogP contribution in [0.15, 0.2) is 58.6 Å². The maximum atomic E-state index is 12.4. The van der Waals surface area contributed by atoms with Gasteiger partial charge in [0.25, 0.3) is 0 Å². The molecule has 1 heterocycles. The van der Waals surface area contributed by atoms with Crippen molar-refractivity contribution < 1.29 is 21.6 Å². The molecule has 0 atom stereocenters. The van der Waals surface area contributed by atoms with Crippen LogP contribution in [-0.2, 0) is 24.8 Å². The molecule has 0 unspecified atom stereocenters. The summed E-state index contributed by atoms with van der Waals surface area (Å²) in [4.78, 5) is 15.9. The topological polar surface area (TPSA) is 134 Å². The van der Waals surface area contributed by atoms with Crippen molar-refractivity contribution in [2.24, 2.45) is 0 Å². The lowest BCUT2D eigenvalue weighted by Crippen LogP contribution is -2.40. The number of carbonyl (C=O) groups excluding carboxylic acids is 1. The summed E-state index contributed by atoms with van der Waals surface area (Å²) in [7, 11) is -7.49. The van der Waals surface area contributed by atoms with Crippen LogP contribution in [0.4, 0.5) is 5.69 Å².